The van der Waals surface area contributed by atoms with Crippen LogP contribution >= 0.6 is 0 Å². The van der Waals surface area contributed by atoms with Crippen molar-refractivity contribution in [3.8, 4) is 0 Å². The van der Waals surface area contributed by atoms with Gasteiger partial charge < -0.3 is 10.0 Å². The minimum atomic E-state index is -4.14. The lowest BCUT2D eigenvalue weighted by Gasteiger charge is -2.36. The summed E-state index contributed by atoms with van der Waals surface area (Å²) in [5.41, 5.74) is 3.38. The molecule has 4 aromatic rings. The van der Waals surface area contributed by atoms with E-state index in [0.29, 0.717) is 28.8 Å². The summed E-state index contributed by atoms with van der Waals surface area (Å²) in [4.78, 5) is 18.0. The summed E-state index contributed by atoms with van der Waals surface area (Å²) in [5, 5.41) is 17.4. The van der Waals surface area contributed by atoms with Gasteiger partial charge in [-0.2, -0.15) is 4.31 Å². The number of aryl methyl sites for hydroxylation is 2. The van der Waals surface area contributed by atoms with E-state index < -0.39 is 40.0 Å². The van der Waals surface area contributed by atoms with Crippen LogP contribution in [0.4, 0.5) is 19.0 Å². The number of carboxylic acid groups (broad SMARTS) is 1. The summed E-state index contributed by atoms with van der Waals surface area (Å²) in [5.74, 6) is -2.73. The molecule has 3 aromatic heterocycles. The fraction of sp³-hybridized carbons (Fsp3) is 0.400. The third kappa shape index (κ3) is 5.30. The molecule has 1 N–H and O–H groups in total. The molecule has 0 saturated carbocycles. The Morgan fingerprint density at radius 3 is 2.68 bits per heavy atom. The average Bonchev–Trinajstić information content (AvgIpc) is 3.40. The predicted octanol–water partition coefficient (Wildman–Crippen LogP) is 4.99. The van der Waals surface area contributed by atoms with Crippen LogP contribution in [-0.4, -0.2) is 62.5 Å². The third-order valence-corrected chi connectivity index (χ3v) is 10.5. The van der Waals surface area contributed by atoms with Gasteiger partial charge in [-0.3, -0.25) is 9.20 Å². The third-order valence-electron chi connectivity index (χ3n) is 8.70. The number of nitrogens with zero attached hydrogens (tertiary/aromatic N) is 6. The van der Waals surface area contributed by atoms with Gasteiger partial charge in [0.1, 0.15) is 16.5 Å². The standard InChI is InChI=1S/C30H31F3N6O4S/c1-17-6-7-19(24(13-26(40)41)23-8-10-39-28(18(23)2)35-36-30(39)27(32)33)11-20(17)15-37-16-22-5-3-4-9-38(22)29-25(44(37,42)43)12-21(31)14-34-29/h6-8,10-12,14,22,24,27H,3-5,9,13,15-16H2,1-2H3,(H,40,41)/t22-,24-/m0/s1. The van der Waals surface area contributed by atoms with Crippen molar-refractivity contribution in [2.24, 2.45) is 0 Å². The highest BCUT2D eigenvalue weighted by molar-refractivity contribution is 7.89. The Kier molecular flexibility index (Phi) is 7.82. The second kappa shape index (κ2) is 11.5. The van der Waals surface area contributed by atoms with Crippen LogP contribution in [0.15, 0.2) is 47.6 Å². The van der Waals surface area contributed by atoms with Crippen molar-refractivity contribution in [3.63, 3.8) is 0 Å². The van der Waals surface area contributed by atoms with Crippen molar-refractivity contribution < 1.29 is 31.5 Å². The largest absolute Gasteiger partial charge is 0.481 e. The van der Waals surface area contributed by atoms with Crippen molar-refractivity contribution in [1.82, 2.24) is 23.9 Å². The van der Waals surface area contributed by atoms with E-state index in [4.69, 9.17) is 0 Å². The van der Waals surface area contributed by atoms with Crippen molar-refractivity contribution in [3.05, 3.63) is 82.2 Å². The molecule has 0 unspecified atom stereocenters. The lowest BCUT2D eigenvalue weighted by Crippen LogP contribution is -2.45. The van der Waals surface area contributed by atoms with Crippen LogP contribution in [0.25, 0.3) is 5.65 Å². The second-order valence-corrected chi connectivity index (χ2v) is 13.3. The molecule has 5 heterocycles. The Bertz CT molecular complexity index is 1870. The Morgan fingerprint density at radius 2 is 1.93 bits per heavy atom. The first-order valence-corrected chi connectivity index (χ1v) is 15.8. The minimum absolute atomic E-state index is 0.0119. The summed E-state index contributed by atoms with van der Waals surface area (Å²) < 4.78 is 71.7. The predicted molar refractivity (Wildman–Crippen MR) is 155 cm³/mol. The fourth-order valence-electron chi connectivity index (χ4n) is 6.40. The maximum absolute atomic E-state index is 14.3. The zero-order valence-electron chi connectivity index (χ0n) is 24.1. The number of fused-ring (bicyclic) bond motifs is 4. The van der Waals surface area contributed by atoms with Gasteiger partial charge in [0, 0.05) is 37.8 Å². The zero-order valence-corrected chi connectivity index (χ0v) is 24.9. The monoisotopic (exact) mass is 628 g/mol. The molecule has 2 atom stereocenters. The number of anilines is 1. The van der Waals surface area contributed by atoms with Crippen LogP contribution in [0.1, 0.15) is 71.7 Å². The number of piperidine rings is 1. The van der Waals surface area contributed by atoms with Crippen LogP contribution in [0, 0.1) is 19.7 Å². The van der Waals surface area contributed by atoms with Crippen LogP contribution in [0.3, 0.4) is 0 Å². The molecular weight excluding hydrogens is 597 g/mol. The highest BCUT2D eigenvalue weighted by Gasteiger charge is 2.40. The molecule has 6 rings (SSSR count). The molecular formula is C30H31F3N6O4S. The number of carboxylic acids is 1. The first-order valence-electron chi connectivity index (χ1n) is 14.3. The first-order chi connectivity index (χ1) is 21.0. The quantitative estimate of drug-likeness (QED) is 0.304. The van der Waals surface area contributed by atoms with Crippen molar-refractivity contribution >= 4 is 27.5 Å². The van der Waals surface area contributed by atoms with Crippen LogP contribution in [-0.2, 0) is 21.4 Å². The van der Waals surface area contributed by atoms with Crippen molar-refractivity contribution in [2.45, 2.75) is 69.4 Å². The molecule has 1 saturated heterocycles. The molecule has 0 bridgehead atoms. The lowest BCUT2D eigenvalue weighted by molar-refractivity contribution is -0.137. The van der Waals surface area contributed by atoms with Gasteiger partial charge in [0.15, 0.2) is 5.65 Å². The first kappa shape index (κ1) is 30.0. The van der Waals surface area contributed by atoms with E-state index in [1.165, 1.54) is 14.9 Å². The van der Waals surface area contributed by atoms with E-state index in [1.807, 2.05) is 17.9 Å². The Balaban J connectivity index is 1.40. The number of hydrogen-bond acceptors (Lipinski definition) is 7. The number of rotatable bonds is 7. The van der Waals surface area contributed by atoms with E-state index in [2.05, 4.69) is 15.2 Å². The van der Waals surface area contributed by atoms with Gasteiger partial charge in [-0.25, -0.2) is 26.6 Å². The molecule has 2 aliphatic rings. The van der Waals surface area contributed by atoms with Crippen molar-refractivity contribution in [1.29, 1.82) is 0 Å². The van der Waals surface area contributed by atoms with E-state index in [0.717, 1.165) is 37.1 Å². The summed E-state index contributed by atoms with van der Waals surface area (Å²) in [6.07, 6.45) is 1.90. The van der Waals surface area contributed by atoms with Gasteiger partial charge in [0.05, 0.1) is 12.6 Å². The van der Waals surface area contributed by atoms with E-state index in [1.54, 1.807) is 25.1 Å². The topological polar surface area (TPSA) is 121 Å². The van der Waals surface area contributed by atoms with Crippen molar-refractivity contribution in [2.75, 3.05) is 18.0 Å². The number of sulfonamides is 1. The molecule has 44 heavy (non-hydrogen) atoms. The molecule has 232 valence electrons. The zero-order chi connectivity index (χ0) is 31.3. The summed E-state index contributed by atoms with van der Waals surface area (Å²) in [7, 11) is -4.14. The number of hydrogen-bond donors (Lipinski definition) is 1. The highest BCUT2D eigenvalue weighted by atomic mass is 32.2. The summed E-state index contributed by atoms with van der Waals surface area (Å²) in [6.45, 7) is 4.33. The fourth-order valence-corrected chi connectivity index (χ4v) is 8.02. The van der Waals surface area contributed by atoms with Crippen LogP contribution in [0.2, 0.25) is 0 Å². The smallest absolute Gasteiger partial charge is 0.304 e. The molecule has 0 radical (unpaired) electrons. The van der Waals surface area contributed by atoms with E-state index in [-0.39, 0.29) is 41.9 Å². The van der Waals surface area contributed by atoms with Gasteiger partial charge in [-0.05, 0) is 73.1 Å². The lowest BCUT2D eigenvalue weighted by atomic mass is 9.85. The number of pyridine rings is 2. The maximum Gasteiger partial charge on any atom is 0.304 e. The van der Waals surface area contributed by atoms with E-state index in [9.17, 15) is 31.5 Å². The Morgan fingerprint density at radius 1 is 1.14 bits per heavy atom. The SMILES string of the molecule is Cc1ccc([C@H](CC(=O)O)c2ccn3c(C(F)F)nnc3c2C)cc1CN1C[C@@H]2CCCCN2c2ncc(F)cc2S1(=O)=O. The van der Waals surface area contributed by atoms with Gasteiger partial charge in [-0.15, -0.1) is 10.2 Å². The molecule has 10 nitrogen and oxygen atoms in total. The highest BCUT2D eigenvalue weighted by Crippen LogP contribution is 2.38. The molecule has 14 heteroatoms. The summed E-state index contributed by atoms with van der Waals surface area (Å²) in [6, 6.07) is 7.89. The summed E-state index contributed by atoms with van der Waals surface area (Å²) >= 11 is 0. The molecule has 0 aliphatic carbocycles. The van der Waals surface area contributed by atoms with Crippen LogP contribution < -0.4 is 4.90 Å². The Labute approximate surface area is 252 Å². The Hall–Kier alpha value is -4.04. The number of halogens is 3. The molecule has 1 aromatic carbocycles. The molecule has 0 amide bonds. The molecule has 1 fully saturated rings. The number of aromatic nitrogens is 4. The number of aliphatic carboxylic acids is 1. The van der Waals surface area contributed by atoms with Gasteiger partial charge in [-0.1, -0.05) is 18.2 Å². The number of benzene rings is 1. The normalized spacial score (nSPS) is 19.0. The average molecular weight is 629 g/mol. The minimum Gasteiger partial charge on any atom is -0.481 e. The van der Waals surface area contributed by atoms with Gasteiger partial charge >= 0.3 is 5.97 Å². The molecule has 2 aliphatic heterocycles. The van der Waals surface area contributed by atoms with Crippen LogP contribution in [0.5, 0.6) is 0 Å². The second-order valence-electron chi connectivity index (χ2n) is 11.4. The number of alkyl halides is 2. The number of carbonyl (C=O) groups is 1. The molecule has 0 spiro atoms. The van der Waals surface area contributed by atoms with Gasteiger partial charge in [0.2, 0.25) is 15.8 Å². The van der Waals surface area contributed by atoms with E-state index >= 15 is 0 Å². The van der Waals surface area contributed by atoms with Gasteiger partial charge in [0.25, 0.3) is 6.43 Å². The maximum atomic E-state index is 14.3.